The molecule has 0 spiro atoms. The van der Waals surface area contributed by atoms with Crippen LogP contribution in [0.1, 0.15) is 115 Å². The van der Waals surface area contributed by atoms with Crippen LogP contribution >= 0.6 is 0 Å². The van der Waals surface area contributed by atoms with Gasteiger partial charge in [-0.3, -0.25) is 9.98 Å². The fraction of sp³-hybridized carbons (Fsp3) is 0.562. The van der Waals surface area contributed by atoms with Gasteiger partial charge in [-0.25, -0.2) is 0 Å². The first-order chi connectivity index (χ1) is 16.6. The molecule has 2 rings (SSSR count). The van der Waals surface area contributed by atoms with Crippen molar-refractivity contribution in [1.29, 1.82) is 0 Å². The molecule has 0 unspecified atom stereocenters. The predicted molar refractivity (Wildman–Crippen MR) is 153 cm³/mol. The fourth-order valence-electron chi connectivity index (χ4n) is 4.62. The average molecular weight is 519 g/mol. The van der Waals surface area contributed by atoms with E-state index in [-0.39, 0.29) is 16.5 Å². The number of aryl methyl sites for hydroxylation is 4. The molecule has 0 aliphatic carbocycles. The van der Waals surface area contributed by atoms with Gasteiger partial charge in [0.25, 0.3) is 0 Å². The molecule has 196 valence electrons. The van der Waals surface area contributed by atoms with Crippen molar-refractivity contribution < 1.29 is 16.5 Å². The molecule has 3 heteroatoms. The summed E-state index contributed by atoms with van der Waals surface area (Å²) in [5.74, 6) is 0. The molecule has 0 aromatic heterocycles. The van der Waals surface area contributed by atoms with Crippen LogP contribution in [-0.2, 0) is 42.2 Å². The molecule has 2 nitrogen and oxygen atoms in total. The van der Waals surface area contributed by atoms with Gasteiger partial charge in [-0.15, -0.1) is 0 Å². The molecule has 0 aliphatic rings. The molecule has 2 aromatic carbocycles. The summed E-state index contributed by atoms with van der Waals surface area (Å²) in [6.45, 7) is 13.5. The second-order valence-corrected chi connectivity index (χ2v) is 9.35. The van der Waals surface area contributed by atoms with E-state index >= 15 is 0 Å². The van der Waals surface area contributed by atoms with E-state index in [1.54, 1.807) is 0 Å². The summed E-state index contributed by atoms with van der Waals surface area (Å²) < 4.78 is 0. The Morgan fingerprint density at radius 2 is 0.943 bits per heavy atom. The molecule has 0 saturated heterocycles. The van der Waals surface area contributed by atoms with Crippen molar-refractivity contribution in [3.63, 3.8) is 0 Å². The van der Waals surface area contributed by atoms with Crippen LogP contribution in [0.2, 0.25) is 0 Å². The number of benzene rings is 2. The maximum Gasteiger partial charge on any atom is 0.0636 e. The monoisotopic (exact) mass is 518 g/mol. The molecule has 0 atom stereocenters. The van der Waals surface area contributed by atoms with Gasteiger partial charge in [0.1, 0.15) is 0 Å². The third-order valence-electron chi connectivity index (χ3n) is 6.80. The van der Waals surface area contributed by atoms with Gasteiger partial charge in [0.05, 0.1) is 22.8 Å². The van der Waals surface area contributed by atoms with E-state index in [4.69, 9.17) is 9.98 Å². The summed E-state index contributed by atoms with van der Waals surface area (Å²) >= 11 is 0. The Morgan fingerprint density at radius 1 is 0.514 bits per heavy atom. The van der Waals surface area contributed by atoms with Crippen molar-refractivity contribution in [3.8, 4) is 0 Å². The van der Waals surface area contributed by atoms with Crippen LogP contribution in [0.25, 0.3) is 0 Å². The van der Waals surface area contributed by atoms with Gasteiger partial charge < -0.3 is 0 Å². The summed E-state index contributed by atoms with van der Waals surface area (Å²) in [5.41, 5.74) is 10.3. The molecular weight excluding hydrogens is 471 g/mol. The standard InChI is InChI=1S/C32H48N2.Ni/c1-7-13-15-16-18-32(34-30-22-20-26(10-4)28(12-6)24-30)31(17-14-8-2)33-29-21-19-25(9-3)27(11-5)23-29;/h19-24H,7-18H2,1-6H3;/b33-31+,34-32+;. The molecule has 0 aliphatic heterocycles. The van der Waals surface area contributed by atoms with E-state index in [1.165, 1.54) is 65.8 Å². The first-order valence-corrected chi connectivity index (χ1v) is 14.0. The maximum atomic E-state index is 5.25. The second kappa shape index (κ2) is 17.7. The Hall–Kier alpha value is -1.73. The average Bonchev–Trinajstić information content (AvgIpc) is 2.87. The third kappa shape index (κ3) is 10.0. The van der Waals surface area contributed by atoms with Crippen molar-refractivity contribution in [2.24, 2.45) is 9.98 Å². The molecular formula is C32H48N2Ni. The first-order valence-electron chi connectivity index (χ1n) is 14.0. The van der Waals surface area contributed by atoms with Gasteiger partial charge >= 0.3 is 0 Å². The molecule has 0 bridgehead atoms. The second-order valence-electron chi connectivity index (χ2n) is 9.35. The number of hydrogen-bond acceptors (Lipinski definition) is 2. The van der Waals surface area contributed by atoms with Crippen LogP contribution in [0.5, 0.6) is 0 Å². The van der Waals surface area contributed by atoms with E-state index in [1.807, 2.05) is 0 Å². The number of nitrogens with zero attached hydrogens (tertiary/aromatic N) is 2. The predicted octanol–water partition coefficient (Wildman–Crippen LogP) is 9.94. The van der Waals surface area contributed by atoms with Crippen LogP contribution < -0.4 is 0 Å². The molecule has 35 heavy (non-hydrogen) atoms. The Kier molecular flexibility index (Phi) is 15.8. The molecule has 0 fully saturated rings. The van der Waals surface area contributed by atoms with Crippen molar-refractivity contribution in [2.75, 3.05) is 0 Å². The molecule has 0 N–H and O–H groups in total. The molecule has 0 radical (unpaired) electrons. The van der Waals surface area contributed by atoms with Gasteiger partial charge in [-0.2, -0.15) is 0 Å². The molecule has 0 heterocycles. The van der Waals surface area contributed by atoms with E-state index < -0.39 is 0 Å². The Morgan fingerprint density at radius 3 is 1.34 bits per heavy atom. The summed E-state index contributed by atoms with van der Waals surface area (Å²) in [7, 11) is 0. The van der Waals surface area contributed by atoms with Crippen LogP contribution in [0.3, 0.4) is 0 Å². The van der Waals surface area contributed by atoms with Gasteiger partial charge in [0.15, 0.2) is 0 Å². The van der Waals surface area contributed by atoms with Crippen molar-refractivity contribution in [3.05, 3.63) is 58.7 Å². The third-order valence-corrected chi connectivity index (χ3v) is 6.80. The smallest absolute Gasteiger partial charge is 0.0636 e. The number of aliphatic imine (C=N–C) groups is 2. The van der Waals surface area contributed by atoms with Crippen molar-refractivity contribution >= 4 is 22.8 Å². The molecule has 0 saturated carbocycles. The maximum absolute atomic E-state index is 5.25. The van der Waals surface area contributed by atoms with E-state index in [2.05, 4.69) is 77.9 Å². The van der Waals surface area contributed by atoms with Crippen molar-refractivity contribution in [2.45, 2.75) is 119 Å². The summed E-state index contributed by atoms with van der Waals surface area (Å²) in [6.07, 6.45) is 13.6. The van der Waals surface area contributed by atoms with Crippen LogP contribution in [0.4, 0.5) is 11.4 Å². The number of rotatable bonds is 15. The summed E-state index contributed by atoms with van der Waals surface area (Å²) in [4.78, 5) is 10.5. The van der Waals surface area contributed by atoms with E-state index in [0.717, 1.165) is 56.3 Å². The zero-order chi connectivity index (χ0) is 24.8. The topological polar surface area (TPSA) is 24.7 Å². The summed E-state index contributed by atoms with van der Waals surface area (Å²) in [5, 5.41) is 0. The number of unbranched alkanes of at least 4 members (excludes halogenated alkanes) is 4. The van der Waals surface area contributed by atoms with Crippen LogP contribution in [-0.4, -0.2) is 11.4 Å². The van der Waals surface area contributed by atoms with Gasteiger partial charge in [0.2, 0.25) is 0 Å². The minimum atomic E-state index is 0. The Balaban J connectivity index is 0.00000612. The normalized spacial score (nSPS) is 12.1. The number of hydrogen-bond donors (Lipinski definition) is 0. The Labute approximate surface area is 226 Å². The van der Waals surface area contributed by atoms with Gasteiger partial charge in [-0.05, 0) is 97.9 Å². The zero-order valence-corrected chi connectivity index (χ0v) is 24.1. The molecule has 2 aromatic rings. The zero-order valence-electron chi connectivity index (χ0n) is 23.2. The van der Waals surface area contributed by atoms with E-state index in [9.17, 15) is 0 Å². The van der Waals surface area contributed by atoms with Crippen molar-refractivity contribution in [1.82, 2.24) is 0 Å². The summed E-state index contributed by atoms with van der Waals surface area (Å²) in [6, 6.07) is 13.5. The first kappa shape index (κ1) is 31.3. The quantitative estimate of drug-likeness (QED) is 0.127. The van der Waals surface area contributed by atoms with Crippen LogP contribution in [0, 0.1) is 0 Å². The minimum Gasteiger partial charge on any atom is -0.252 e. The minimum absolute atomic E-state index is 0. The van der Waals surface area contributed by atoms with E-state index in [0.29, 0.717) is 0 Å². The van der Waals surface area contributed by atoms with Gasteiger partial charge in [0, 0.05) is 16.5 Å². The van der Waals surface area contributed by atoms with Crippen LogP contribution in [0.15, 0.2) is 46.4 Å². The Bertz CT molecular complexity index is 943. The molecule has 0 amide bonds. The SMILES string of the molecule is CCCCCCC(=N\c1ccc(CC)c(CC)c1)/C(CCCC)=N/c1ccc(CC)c(CC)c1.[Ni]. The fourth-order valence-corrected chi connectivity index (χ4v) is 4.62. The van der Waals surface area contributed by atoms with Gasteiger partial charge in [-0.1, -0.05) is 79.4 Å². The largest absolute Gasteiger partial charge is 0.252 e.